The van der Waals surface area contributed by atoms with Crippen molar-refractivity contribution >= 4 is 41.3 Å². The lowest BCUT2D eigenvalue weighted by Gasteiger charge is -2.11. The van der Waals surface area contributed by atoms with Crippen molar-refractivity contribution in [1.29, 1.82) is 0 Å². The summed E-state index contributed by atoms with van der Waals surface area (Å²) in [6.45, 7) is 4.32. The molecule has 22 heavy (non-hydrogen) atoms. The quantitative estimate of drug-likeness (QED) is 0.413. The molecule has 0 fully saturated rings. The molecule has 1 heterocycles. The highest BCUT2D eigenvalue weighted by molar-refractivity contribution is 14.0. The summed E-state index contributed by atoms with van der Waals surface area (Å²) in [4.78, 5) is 5.79. The predicted molar refractivity (Wildman–Crippen MR) is 103 cm³/mol. The highest BCUT2D eigenvalue weighted by atomic mass is 127. The fraction of sp³-hybridized carbons (Fsp3) is 0.312. The van der Waals surface area contributed by atoms with Gasteiger partial charge in [-0.3, -0.25) is 0 Å². The van der Waals surface area contributed by atoms with Crippen molar-refractivity contribution in [1.82, 2.24) is 10.6 Å². The van der Waals surface area contributed by atoms with Gasteiger partial charge in [-0.2, -0.15) is 0 Å². The molecule has 0 spiro atoms. The van der Waals surface area contributed by atoms with Gasteiger partial charge in [0.05, 0.1) is 6.54 Å². The fourth-order valence-corrected chi connectivity index (χ4v) is 2.51. The Labute approximate surface area is 152 Å². The Balaban J connectivity index is 0.00000242. The summed E-state index contributed by atoms with van der Waals surface area (Å²) in [5.41, 5.74) is 1.11. The second kappa shape index (κ2) is 10.6. The number of thiophene rings is 1. The Morgan fingerprint density at radius 2 is 1.95 bits per heavy atom. The highest BCUT2D eigenvalue weighted by Crippen LogP contribution is 2.09. The number of aliphatic imine (C=N–C) groups is 1. The molecular weight excluding hydrogens is 412 g/mol. The van der Waals surface area contributed by atoms with Crippen LogP contribution in [0.15, 0.2) is 46.8 Å². The van der Waals surface area contributed by atoms with E-state index in [1.807, 2.05) is 25.1 Å². The zero-order chi connectivity index (χ0) is 14.9. The number of rotatable bonds is 6. The Kier molecular flexibility index (Phi) is 9.07. The molecule has 0 aliphatic rings. The maximum absolute atomic E-state index is 12.8. The summed E-state index contributed by atoms with van der Waals surface area (Å²) in [6.07, 6.45) is 0.837. The van der Waals surface area contributed by atoms with Gasteiger partial charge in [-0.1, -0.05) is 18.2 Å². The minimum atomic E-state index is -0.197. The van der Waals surface area contributed by atoms with E-state index >= 15 is 0 Å². The van der Waals surface area contributed by atoms with E-state index in [0.29, 0.717) is 6.54 Å². The molecule has 0 saturated heterocycles. The van der Waals surface area contributed by atoms with Crippen molar-refractivity contribution in [2.45, 2.75) is 19.9 Å². The summed E-state index contributed by atoms with van der Waals surface area (Å²) >= 11 is 1.71. The van der Waals surface area contributed by atoms with Crippen LogP contribution in [0, 0.1) is 5.82 Å². The first-order chi connectivity index (χ1) is 10.3. The van der Waals surface area contributed by atoms with Gasteiger partial charge >= 0.3 is 0 Å². The van der Waals surface area contributed by atoms with E-state index in [0.717, 1.165) is 31.0 Å². The van der Waals surface area contributed by atoms with Gasteiger partial charge in [0.25, 0.3) is 0 Å². The van der Waals surface area contributed by atoms with Gasteiger partial charge in [-0.05, 0) is 42.5 Å². The average molecular weight is 433 g/mol. The average Bonchev–Trinajstić information content (AvgIpc) is 3.00. The largest absolute Gasteiger partial charge is 0.357 e. The van der Waals surface area contributed by atoms with Gasteiger partial charge in [0.2, 0.25) is 0 Å². The van der Waals surface area contributed by atoms with Crippen LogP contribution in [0.4, 0.5) is 4.39 Å². The first-order valence-corrected chi connectivity index (χ1v) is 7.95. The van der Waals surface area contributed by atoms with E-state index in [-0.39, 0.29) is 29.8 Å². The van der Waals surface area contributed by atoms with E-state index in [1.165, 1.54) is 17.0 Å². The molecule has 0 aliphatic heterocycles. The van der Waals surface area contributed by atoms with Crippen LogP contribution in [-0.2, 0) is 13.0 Å². The first kappa shape index (κ1) is 18.9. The van der Waals surface area contributed by atoms with E-state index in [9.17, 15) is 4.39 Å². The van der Waals surface area contributed by atoms with Crippen molar-refractivity contribution in [2.24, 2.45) is 4.99 Å². The molecular formula is C16H21FIN3S. The number of halogens is 2. The minimum absolute atomic E-state index is 0. The standard InChI is InChI=1S/C16H20FN3S.HI/c1-2-18-16(20-12-15-4-3-11-21-15)19-10-9-13-5-7-14(17)8-6-13;/h3-8,11H,2,9-10,12H2,1H3,(H2,18,19,20);1H. The molecule has 2 N–H and O–H groups in total. The summed E-state index contributed by atoms with van der Waals surface area (Å²) in [5, 5.41) is 8.58. The lowest BCUT2D eigenvalue weighted by Crippen LogP contribution is -2.38. The van der Waals surface area contributed by atoms with Crippen LogP contribution in [0.25, 0.3) is 0 Å². The summed E-state index contributed by atoms with van der Waals surface area (Å²) in [6, 6.07) is 10.7. The number of benzene rings is 1. The first-order valence-electron chi connectivity index (χ1n) is 7.07. The lowest BCUT2D eigenvalue weighted by atomic mass is 10.1. The van der Waals surface area contributed by atoms with Crippen molar-refractivity contribution in [3.63, 3.8) is 0 Å². The fourth-order valence-electron chi connectivity index (χ4n) is 1.88. The molecule has 1 aromatic heterocycles. The predicted octanol–water partition coefficient (Wildman–Crippen LogP) is 3.80. The number of guanidine groups is 1. The normalized spacial score (nSPS) is 10.9. The van der Waals surface area contributed by atoms with Crippen LogP contribution in [-0.4, -0.2) is 19.0 Å². The van der Waals surface area contributed by atoms with Gasteiger partial charge in [0, 0.05) is 18.0 Å². The van der Waals surface area contributed by atoms with Crippen LogP contribution in [0.1, 0.15) is 17.4 Å². The molecule has 6 heteroatoms. The van der Waals surface area contributed by atoms with Crippen LogP contribution in [0.5, 0.6) is 0 Å². The van der Waals surface area contributed by atoms with Crippen molar-refractivity contribution in [3.05, 3.63) is 58.0 Å². The van der Waals surface area contributed by atoms with Gasteiger partial charge in [-0.15, -0.1) is 35.3 Å². The Bertz CT molecular complexity index is 555. The van der Waals surface area contributed by atoms with Crippen LogP contribution >= 0.6 is 35.3 Å². The van der Waals surface area contributed by atoms with Gasteiger partial charge in [0.15, 0.2) is 5.96 Å². The van der Waals surface area contributed by atoms with Crippen molar-refractivity contribution < 1.29 is 4.39 Å². The van der Waals surface area contributed by atoms with Gasteiger partial charge in [-0.25, -0.2) is 9.38 Å². The van der Waals surface area contributed by atoms with Gasteiger partial charge in [0.1, 0.15) is 5.82 Å². The molecule has 3 nitrogen and oxygen atoms in total. The molecule has 0 saturated carbocycles. The van der Waals surface area contributed by atoms with Crippen molar-refractivity contribution in [3.8, 4) is 0 Å². The molecule has 0 atom stereocenters. The topological polar surface area (TPSA) is 36.4 Å². The molecule has 0 radical (unpaired) electrons. The Hall–Kier alpha value is -1.15. The molecule has 120 valence electrons. The van der Waals surface area contributed by atoms with Crippen LogP contribution in [0.2, 0.25) is 0 Å². The molecule has 0 aliphatic carbocycles. The van der Waals surface area contributed by atoms with Gasteiger partial charge < -0.3 is 10.6 Å². The minimum Gasteiger partial charge on any atom is -0.357 e. The van der Waals surface area contributed by atoms with Crippen molar-refractivity contribution in [2.75, 3.05) is 13.1 Å². The van der Waals surface area contributed by atoms with E-state index in [4.69, 9.17) is 0 Å². The maximum atomic E-state index is 12.8. The molecule has 1 aromatic carbocycles. The summed E-state index contributed by atoms with van der Waals surface area (Å²) in [7, 11) is 0. The zero-order valence-electron chi connectivity index (χ0n) is 12.5. The number of hydrogen-bond acceptors (Lipinski definition) is 2. The number of nitrogens with zero attached hydrogens (tertiary/aromatic N) is 1. The van der Waals surface area contributed by atoms with Crippen LogP contribution in [0.3, 0.4) is 0 Å². The second-order valence-corrected chi connectivity index (χ2v) is 5.61. The molecule has 2 rings (SSSR count). The molecule has 0 bridgehead atoms. The van der Waals surface area contributed by atoms with Crippen LogP contribution < -0.4 is 10.6 Å². The summed E-state index contributed by atoms with van der Waals surface area (Å²) in [5.74, 6) is 0.616. The number of hydrogen-bond donors (Lipinski definition) is 2. The van der Waals surface area contributed by atoms with E-state index in [2.05, 4.69) is 27.1 Å². The smallest absolute Gasteiger partial charge is 0.191 e. The molecule has 2 aromatic rings. The Morgan fingerprint density at radius 1 is 1.18 bits per heavy atom. The lowest BCUT2D eigenvalue weighted by molar-refractivity contribution is 0.626. The highest BCUT2D eigenvalue weighted by Gasteiger charge is 1.99. The van der Waals surface area contributed by atoms with E-state index in [1.54, 1.807) is 11.3 Å². The third-order valence-corrected chi connectivity index (χ3v) is 3.80. The monoisotopic (exact) mass is 433 g/mol. The molecule has 0 unspecified atom stereocenters. The third-order valence-electron chi connectivity index (χ3n) is 2.94. The maximum Gasteiger partial charge on any atom is 0.191 e. The third kappa shape index (κ3) is 6.74. The second-order valence-electron chi connectivity index (χ2n) is 4.58. The Morgan fingerprint density at radius 3 is 2.59 bits per heavy atom. The number of nitrogens with one attached hydrogen (secondary N) is 2. The van der Waals surface area contributed by atoms with E-state index < -0.39 is 0 Å². The SMILES string of the molecule is CCNC(=NCc1cccs1)NCCc1ccc(F)cc1.I. The summed E-state index contributed by atoms with van der Waals surface area (Å²) < 4.78 is 12.8. The molecule has 0 amide bonds. The zero-order valence-corrected chi connectivity index (χ0v) is 15.7.